The third-order valence-corrected chi connectivity index (χ3v) is 5.11. The van der Waals surface area contributed by atoms with E-state index in [2.05, 4.69) is 10.6 Å². The number of nitrogens with zero attached hydrogens (tertiary/aromatic N) is 1. The molecule has 10 heteroatoms. The van der Waals surface area contributed by atoms with E-state index in [1.165, 1.54) is 4.57 Å². The van der Waals surface area contributed by atoms with Crippen LogP contribution in [0.5, 0.6) is 0 Å². The van der Waals surface area contributed by atoms with Crippen LogP contribution in [0.1, 0.15) is 67.4 Å². The predicted molar refractivity (Wildman–Crippen MR) is 139 cm³/mol. The van der Waals surface area contributed by atoms with E-state index in [-0.39, 0.29) is 12.3 Å². The Morgan fingerprint density at radius 1 is 0.919 bits per heavy atom. The lowest BCUT2D eigenvalue weighted by atomic mass is 10.0. The first kappa shape index (κ1) is 29.7. The molecule has 0 aliphatic rings. The Balaban J connectivity index is 2.18. The van der Waals surface area contributed by atoms with Crippen molar-refractivity contribution in [2.45, 2.75) is 91.5 Å². The van der Waals surface area contributed by atoms with Crippen LogP contribution in [0.2, 0.25) is 0 Å². The van der Waals surface area contributed by atoms with E-state index < -0.39 is 47.3 Å². The first-order chi connectivity index (χ1) is 16.9. The van der Waals surface area contributed by atoms with E-state index in [1.54, 1.807) is 72.0 Å². The molecule has 0 aliphatic heterocycles. The molecule has 0 bridgehead atoms. The number of carboxylic acids is 1. The van der Waals surface area contributed by atoms with Gasteiger partial charge in [-0.3, -0.25) is 9.36 Å². The molecule has 2 rings (SSSR count). The highest BCUT2D eigenvalue weighted by atomic mass is 16.6. The van der Waals surface area contributed by atoms with Crippen LogP contribution >= 0.6 is 0 Å². The van der Waals surface area contributed by atoms with Crippen molar-refractivity contribution < 1.29 is 33.8 Å². The molecule has 0 spiro atoms. The molecule has 0 fully saturated rings. The minimum Gasteiger partial charge on any atom is -0.480 e. The lowest BCUT2D eigenvalue weighted by molar-refractivity contribution is -0.142. The second-order valence-electron chi connectivity index (χ2n) is 11.5. The number of nitrogens with one attached hydrogen (secondary N) is 2. The molecule has 1 heterocycles. The van der Waals surface area contributed by atoms with Gasteiger partial charge in [-0.1, -0.05) is 19.9 Å². The average molecular weight is 518 g/mol. The molecule has 0 saturated heterocycles. The van der Waals surface area contributed by atoms with Gasteiger partial charge in [0.15, 0.2) is 0 Å². The molecule has 2 aromatic rings. The van der Waals surface area contributed by atoms with Crippen molar-refractivity contribution in [2.75, 3.05) is 0 Å². The number of carbonyl (C=O) groups excluding carboxylic acids is 3. The summed E-state index contributed by atoms with van der Waals surface area (Å²) in [5.74, 6) is -1.75. The van der Waals surface area contributed by atoms with Crippen LogP contribution in [0.15, 0.2) is 30.5 Å². The van der Waals surface area contributed by atoms with Gasteiger partial charge in [0.25, 0.3) is 0 Å². The summed E-state index contributed by atoms with van der Waals surface area (Å²) in [6.45, 7) is 14.3. The highest BCUT2D eigenvalue weighted by Gasteiger charge is 2.29. The summed E-state index contributed by atoms with van der Waals surface area (Å²) >= 11 is 0. The van der Waals surface area contributed by atoms with Gasteiger partial charge in [-0.15, -0.1) is 0 Å². The normalized spacial score (nSPS) is 13.6. The molecular weight excluding hydrogens is 478 g/mol. The number of amides is 2. The Hall–Kier alpha value is -3.56. The van der Waals surface area contributed by atoms with Crippen molar-refractivity contribution in [3.05, 3.63) is 36.0 Å². The molecule has 204 valence electrons. The second kappa shape index (κ2) is 11.7. The fourth-order valence-electron chi connectivity index (χ4n) is 3.65. The number of fused-ring (bicyclic) bond motifs is 1. The Morgan fingerprint density at radius 2 is 1.54 bits per heavy atom. The van der Waals surface area contributed by atoms with Crippen LogP contribution in [0, 0.1) is 5.92 Å². The van der Waals surface area contributed by atoms with Gasteiger partial charge >= 0.3 is 18.2 Å². The maximum absolute atomic E-state index is 13.0. The number of benzene rings is 1. The average Bonchev–Trinajstić information content (AvgIpc) is 3.13. The maximum Gasteiger partial charge on any atom is 0.418 e. The van der Waals surface area contributed by atoms with Gasteiger partial charge < -0.3 is 25.2 Å². The quantitative estimate of drug-likeness (QED) is 0.470. The van der Waals surface area contributed by atoms with Crippen LogP contribution in [-0.4, -0.2) is 57.0 Å². The summed E-state index contributed by atoms with van der Waals surface area (Å²) < 4.78 is 12.1. The van der Waals surface area contributed by atoms with Gasteiger partial charge in [-0.05, 0) is 77.6 Å². The Labute approximate surface area is 217 Å². The summed E-state index contributed by atoms with van der Waals surface area (Å²) in [4.78, 5) is 49.7. The summed E-state index contributed by atoms with van der Waals surface area (Å²) in [7, 11) is 0. The predicted octanol–water partition coefficient (Wildman–Crippen LogP) is 4.48. The number of carbonyl (C=O) groups is 4. The number of rotatable bonds is 8. The van der Waals surface area contributed by atoms with Gasteiger partial charge in [-0.25, -0.2) is 14.4 Å². The summed E-state index contributed by atoms with van der Waals surface area (Å²) in [6.07, 6.45) is 0.647. The lowest BCUT2D eigenvalue weighted by Gasteiger charge is -2.25. The highest BCUT2D eigenvalue weighted by molar-refractivity contribution is 5.91. The Bertz CT molecular complexity index is 1140. The molecule has 1 aromatic heterocycles. The fraction of sp³-hybridized carbons (Fsp3) is 0.556. The zero-order chi connectivity index (χ0) is 28.1. The van der Waals surface area contributed by atoms with E-state index >= 15 is 0 Å². The molecular formula is C27H39N3O7. The molecule has 1 aromatic carbocycles. The van der Waals surface area contributed by atoms with Gasteiger partial charge in [-0.2, -0.15) is 0 Å². The van der Waals surface area contributed by atoms with Crippen LogP contribution in [-0.2, 0) is 25.5 Å². The molecule has 2 amide bonds. The first-order valence-corrected chi connectivity index (χ1v) is 12.3. The zero-order valence-electron chi connectivity index (χ0n) is 22.9. The van der Waals surface area contributed by atoms with Gasteiger partial charge in [0.05, 0.1) is 5.52 Å². The smallest absolute Gasteiger partial charge is 0.418 e. The number of carboxylic acid groups (broad SMARTS) is 1. The number of alkyl carbamates (subject to hydrolysis) is 1. The third-order valence-electron chi connectivity index (χ3n) is 5.11. The summed E-state index contributed by atoms with van der Waals surface area (Å²) in [6, 6.07) is 4.73. The van der Waals surface area contributed by atoms with Crippen molar-refractivity contribution in [1.29, 1.82) is 0 Å². The lowest BCUT2D eigenvalue weighted by Crippen LogP contribution is -2.53. The standard InChI is InChI=1S/C27H39N3O7/c1-16(2)13-19(29-24(34)36-26(3,4)5)22(31)28-20(23(32)33)15-17-9-10-21-18(14-17)11-12-30(21)25(35)37-27(6,7)8/h9-12,14,16,19-20H,13,15H2,1-8H3,(H,28,31)(H,29,34)(H,32,33)/t19-,20-/m0/s1. The molecule has 0 aliphatic carbocycles. The number of aliphatic carboxylic acids is 1. The van der Waals surface area contributed by atoms with E-state index in [4.69, 9.17) is 9.47 Å². The first-order valence-electron chi connectivity index (χ1n) is 12.3. The van der Waals surface area contributed by atoms with Crippen LogP contribution in [0.25, 0.3) is 10.9 Å². The van der Waals surface area contributed by atoms with Crippen molar-refractivity contribution in [2.24, 2.45) is 5.92 Å². The molecule has 10 nitrogen and oxygen atoms in total. The number of ether oxygens (including phenoxy) is 2. The Morgan fingerprint density at radius 3 is 2.08 bits per heavy atom. The van der Waals surface area contributed by atoms with E-state index in [0.717, 1.165) is 5.39 Å². The number of hydrogen-bond donors (Lipinski definition) is 3. The number of hydrogen-bond acceptors (Lipinski definition) is 6. The molecule has 3 N–H and O–H groups in total. The Kier molecular flexibility index (Phi) is 9.35. The molecule has 37 heavy (non-hydrogen) atoms. The topological polar surface area (TPSA) is 136 Å². The van der Waals surface area contributed by atoms with E-state index in [1.807, 2.05) is 13.8 Å². The fourth-order valence-corrected chi connectivity index (χ4v) is 3.65. The molecule has 0 unspecified atom stereocenters. The van der Waals surface area contributed by atoms with Crippen molar-refractivity contribution in [3.8, 4) is 0 Å². The molecule has 2 atom stereocenters. The minimum absolute atomic E-state index is 0.00939. The van der Waals surface area contributed by atoms with Gasteiger partial charge in [0.1, 0.15) is 23.3 Å². The zero-order valence-corrected chi connectivity index (χ0v) is 22.9. The molecule has 0 radical (unpaired) electrons. The SMILES string of the molecule is CC(C)C[C@H](NC(=O)OC(C)(C)C)C(=O)N[C@@H](Cc1ccc2c(ccn2C(=O)OC(C)(C)C)c1)C(=O)O. The maximum atomic E-state index is 13.0. The third kappa shape index (κ3) is 9.44. The van der Waals surface area contributed by atoms with Gasteiger partial charge in [0.2, 0.25) is 5.91 Å². The van der Waals surface area contributed by atoms with Crippen molar-refractivity contribution in [3.63, 3.8) is 0 Å². The minimum atomic E-state index is -1.23. The summed E-state index contributed by atoms with van der Waals surface area (Å²) in [5, 5.41) is 15.6. The number of aromatic nitrogens is 1. The largest absolute Gasteiger partial charge is 0.480 e. The van der Waals surface area contributed by atoms with Crippen LogP contribution in [0.3, 0.4) is 0 Å². The van der Waals surface area contributed by atoms with Crippen LogP contribution in [0.4, 0.5) is 9.59 Å². The van der Waals surface area contributed by atoms with Gasteiger partial charge in [0, 0.05) is 18.0 Å². The van der Waals surface area contributed by atoms with E-state index in [0.29, 0.717) is 17.5 Å². The highest BCUT2D eigenvalue weighted by Crippen LogP contribution is 2.21. The van der Waals surface area contributed by atoms with Crippen molar-refractivity contribution >= 4 is 35.0 Å². The summed E-state index contributed by atoms with van der Waals surface area (Å²) in [5.41, 5.74) is -0.116. The monoisotopic (exact) mass is 517 g/mol. The van der Waals surface area contributed by atoms with Crippen molar-refractivity contribution in [1.82, 2.24) is 15.2 Å². The van der Waals surface area contributed by atoms with E-state index in [9.17, 15) is 24.3 Å². The second-order valence-corrected chi connectivity index (χ2v) is 11.5. The molecule has 0 saturated carbocycles. The van der Waals surface area contributed by atoms with Crippen LogP contribution < -0.4 is 10.6 Å².